The maximum Gasteiger partial charge on any atom is 0.325 e. The highest BCUT2D eigenvalue weighted by atomic mass is 16.5. The Kier molecular flexibility index (Phi) is 6.33. The normalized spacial score (nSPS) is 25.1. The molecule has 4 unspecified atom stereocenters. The number of fused-ring (bicyclic) bond motifs is 1. The number of carboxylic acids is 1. The predicted octanol–water partition coefficient (Wildman–Crippen LogP) is 3.39. The summed E-state index contributed by atoms with van der Waals surface area (Å²) in [6.45, 7) is 2.11. The summed E-state index contributed by atoms with van der Waals surface area (Å²) < 4.78 is 5.73. The van der Waals surface area contributed by atoms with Crippen molar-refractivity contribution < 1.29 is 24.2 Å². The number of hydrogen-bond donors (Lipinski definition) is 2. The van der Waals surface area contributed by atoms with E-state index in [1.54, 1.807) is 12.1 Å². The zero-order valence-corrected chi connectivity index (χ0v) is 20.0. The van der Waals surface area contributed by atoms with E-state index in [1.807, 2.05) is 79.7 Å². The monoisotopic (exact) mass is 484 g/mol. The lowest BCUT2D eigenvalue weighted by Gasteiger charge is -2.31. The van der Waals surface area contributed by atoms with E-state index in [1.165, 1.54) is 4.90 Å². The molecule has 7 heteroatoms. The molecule has 2 amide bonds. The molecule has 3 aromatic rings. The van der Waals surface area contributed by atoms with E-state index in [9.17, 15) is 19.5 Å². The van der Waals surface area contributed by atoms with Gasteiger partial charge in [0.1, 0.15) is 17.9 Å². The summed E-state index contributed by atoms with van der Waals surface area (Å²) in [5.41, 5.74) is 0.913. The molecule has 2 N–H and O–H groups in total. The first kappa shape index (κ1) is 23.8. The molecule has 36 heavy (non-hydrogen) atoms. The first-order chi connectivity index (χ1) is 17.4. The van der Waals surface area contributed by atoms with Crippen molar-refractivity contribution in [2.24, 2.45) is 11.8 Å². The van der Waals surface area contributed by atoms with Crippen LogP contribution in [0.4, 0.5) is 0 Å². The molecule has 2 saturated heterocycles. The molecular formula is C29H28N2O5. The van der Waals surface area contributed by atoms with Crippen LogP contribution >= 0.6 is 0 Å². The molecule has 0 spiro atoms. The Morgan fingerprint density at radius 3 is 2.25 bits per heavy atom. The van der Waals surface area contributed by atoms with Crippen molar-refractivity contribution in [1.82, 2.24) is 10.2 Å². The minimum atomic E-state index is -1.62. The van der Waals surface area contributed by atoms with Gasteiger partial charge < -0.3 is 9.84 Å². The highest BCUT2D eigenvalue weighted by Crippen LogP contribution is 2.50. The smallest absolute Gasteiger partial charge is 0.325 e. The number of benzene rings is 3. The number of imide groups is 1. The average molecular weight is 485 g/mol. The Bertz CT molecular complexity index is 1280. The summed E-state index contributed by atoms with van der Waals surface area (Å²) in [6, 6.07) is 25.4. The SMILES string of the molecule is Cc1ccccc1C1NC(Cc2ccccc2)(C(=O)O)C2C(=O)N(CCOc3ccccc3)C(=O)C12. The van der Waals surface area contributed by atoms with Gasteiger partial charge in [-0.2, -0.15) is 0 Å². The van der Waals surface area contributed by atoms with Crippen molar-refractivity contribution in [3.63, 3.8) is 0 Å². The number of aliphatic carboxylic acids is 1. The number of hydrogen-bond acceptors (Lipinski definition) is 5. The number of carbonyl (C=O) groups excluding carboxylic acids is 2. The topological polar surface area (TPSA) is 95.9 Å². The van der Waals surface area contributed by atoms with Gasteiger partial charge >= 0.3 is 5.97 Å². The number of ether oxygens (including phenoxy) is 1. The maximum atomic E-state index is 13.8. The van der Waals surface area contributed by atoms with Crippen LogP contribution in [0.2, 0.25) is 0 Å². The Labute approximate surface area is 209 Å². The summed E-state index contributed by atoms with van der Waals surface area (Å²) in [5.74, 6) is -3.19. The van der Waals surface area contributed by atoms with Crippen molar-refractivity contribution in [2.75, 3.05) is 13.2 Å². The van der Waals surface area contributed by atoms with Crippen molar-refractivity contribution >= 4 is 17.8 Å². The van der Waals surface area contributed by atoms with E-state index in [-0.39, 0.29) is 25.5 Å². The quantitative estimate of drug-likeness (QED) is 0.476. The van der Waals surface area contributed by atoms with E-state index < -0.39 is 35.3 Å². The Balaban J connectivity index is 1.51. The lowest BCUT2D eigenvalue weighted by atomic mass is 9.76. The molecule has 7 nitrogen and oxygen atoms in total. The highest BCUT2D eigenvalue weighted by molar-refractivity contribution is 6.09. The van der Waals surface area contributed by atoms with E-state index >= 15 is 0 Å². The number of nitrogens with one attached hydrogen (secondary N) is 1. The molecule has 0 aliphatic carbocycles. The van der Waals surface area contributed by atoms with Crippen molar-refractivity contribution in [1.29, 1.82) is 0 Å². The van der Waals surface area contributed by atoms with Gasteiger partial charge in [0, 0.05) is 12.5 Å². The van der Waals surface area contributed by atoms with Crippen LogP contribution in [0.3, 0.4) is 0 Å². The third kappa shape index (κ3) is 4.05. The van der Waals surface area contributed by atoms with Gasteiger partial charge in [0.15, 0.2) is 0 Å². The number of carbonyl (C=O) groups is 3. The number of carboxylic acid groups (broad SMARTS) is 1. The summed E-state index contributed by atoms with van der Waals surface area (Å²) >= 11 is 0. The Morgan fingerprint density at radius 2 is 1.58 bits per heavy atom. The molecule has 2 aliphatic heterocycles. The van der Waals surface area contributed by atoms with Gasteiger partial charge in [-0.05, 0) is 35.7 Å². The van der Waals surface area contributed by atoms with Gasteiger partial charge in [-0.25, -0.2) is 0 Å². The van der Waals surface area contributed by atoms with E-state index in [2.05, 4.69) is 5.32 Å². The fourth-order valence-corrected chi connectivity index (χ4v) is 5.61. The molecule has 0 saturated carbocycles. The van der Waals surface area contributed by atoms with Crippen molar-refractivity contribution in [3.05, 3.63) is 102 Å². The molecule has 3 aromatic carbocycles. The molecule has 0 bridgehead atoms. The van der Waals surface area contributed by atoms with Crippen molar-refractivity contribution in [3.8, 4) is 5.75 Å². The number of amides is 2. The minimum absolute atomic E-state index is 0.0566. The second-order valence-electron chi connectivity index (χ2n) is 9.41. The Morgan fingerprint density at radius 1 is 0.944 bits per heavy atom. The van der Waals surface area contributed by atoms with Gasteiger partial charge in [0.25, 0.3) is 0 Å². The van der Waals surface area contributed by atoms with Gasteiger partial charge in [-0.3, -0.25) is 24.6 Å². The van der Waals surface area contributed by atoms with Crippen LogP contribution in [0.1, 0.15) is 22.7 Å². The van der Waals surface area contributed by atoms with Crippen LogP contribution < -0.4 is 10.1 Å². The fourth-order valence-electron chi connectivity index (χ4n) is 5.61. The van der Waals surface area contributed by atoms with Crippen LogP contribution in [0.25, 0.3) is 0 Å². The number of para-hydroxylation sites is 1. The zero-order chi connectivity index (χ0) is 25.3. The lowest BCUT2D eigenvalue weighted by Crippen LogP contribution is -2.57. The third-order valence-electron chi connectivity index (χ3n) is 7.30. The molecule has 2 aliphatic rings. The van der Waals surface area contributed by atoms with Gasteiger partial charge in [-0.1, -0.05) is 72.8 Å². The van der Waals surface area contributed by atoms with Crippen LogP contribution in [0, 0.1) is 18.8 Å². The second-order valence-corrected chi connectivity index (χ2v) is 9.41. The summed E-state index contributed by atoms with van der Waals surface area (Å²) in [5, 5.41) is 13.8. The number of nitrogens with zero attached hydrogens (tertiary/aromatic N) is 1. The molecular weight excluding hydrogens is 456 g/mol. The second kappa shape index (κ2) is 9.59. The molecule has 2 heterocycles. The standard InChI is InChI=1S/C29H28N2O5/c1-19-10-8-9-15-22(19)25-23-24(29(30-25,28(34)35)18-20-11-4-2-5-12-20)27(33)31(26(23)32)16-17-36-21-13-6-3-7-14-21/h2-15,23-25,30H,16-18H2,1H3,(H,34,35). The average Bonchev–Trinajstić information content (AvgIpc) is 3.35. The van der Waals surface area contributed by atoms with E-state index in [4.69, 9.17) is 4.74 Å². The predicted molar refractivity (Wildman–Crippen MR) is 133 cm³/mol. The molecule has 4 atom stereocenters. The largest absolute Gasteiger partial charge is 0.492 e. The van der Waals surface area contributed by atoms with Gasteiger partial charge in [0.2, 0.25) is 11.8 Å². The summed E-state index contributed by atoms with van der Waals surface area (Å²) in [4.78, 5) is 41.6. The summed E-state index contributed by atoms with van der Waals surface area (Å²) in [7, 11) is 0. The van der Waals surface area contributed by atoms with Crippen LogP contribution in [0.5, 0.6) is 5.75 Å². The molecule has 0 radical (unpaired) electrons. The number of aryl methyl sites for hydroxylation is 1. The number of likely N-dealkylation sites (tertiary alicyclic amines) is 1. The Hall–Kier alpha value is -3.97. The number of rotatable bonds is 8. The molecule has 184 valence electrons. The first-order valence-electron chi connectivity index (χ1n) is 12.1. The fraction of sp³-hybridized carbons (Fsp3) is 0.276. The molecule has 0 aromatic heterocycles. The summed E-state index contributed by atoms with van der Waals surface area (Å²) in [6.07, 6.45) is 0.0834. The third-order valence-corrected chi connectivity index (χ3v) is 7.30. The maximum absolute atomic E-state index is 13.8. The van der Waals surface area contributed by atoms with E-state index in [0.717, 1.165) is 16.7 Å². The molecule has 5 rings (SSSR count). The van der Waals surface area contributed by atoms with Crippen LogP contribution in [0.15, 0.2) is 84.9 Å². The van der Waals surface area contributed by atoms with Gasteiger partial charge in [0.05, 0.1) is 18.4 Å². The van der Waals surface area contributed by atoms with Gasteiger partial charge in [-0.15, -0.1) is 0 Å². The highest BCUT2D eigenvalue weighted by Gasteiger charge is 2.68. The molecule has 2 fully saturated rings. The van der Waals surface area contributed by atoms with E-state index in [0.29, 0.717) is 5.75 Å². The van der Waals surface area contributed by atoms with Crippen molar-refractivity contribution in [2.45, 2.75) is 24.9 Å². The van der Waals surface area contributed by atoms with Crippen LogP contribution in [-0.4, -0.2) is 46.5 Å². The first-order valence-corrected chi connectivity index (χ1v) is 12.1. The van der Waals surface area contributed by atoms with Crippen LogP contribution in [-0.2, 0) is 20.8 Å². The zero-order valence-electron chi connectivity index (χ0n) is 20.0. The minimum Gasteiger partial charge on any atom is -0.492 e. The lowest BCUT2D eigenvalue weighted by molar-refractivity contribution is -0.151.